The molecule has 1 aliphatic carbocycles. The van der Waals surface area contributed by atoms with Crippen molar-refractivity contribution in [2.75, 3.05) is 4.90 Å². The minimum Gasteiger partial charge on any atom is -0.310 e. The second kappa shape index (κ2) is 7.30. The fraction of sp³-hybridized carbons (Fsp3) is 0. The quantitative estimate of drug-likeness (QED) is 0.326. The van der Waals surface area contributed by atoms with Crippen molar-refractivity contribution in [3.63, 3.8) is 0 Å². The minimum absolute atomic E-state index is 0.0523. The highest BCUT2D eigenvalue weighted by Crippen LogP contribution is 2.49. The molecule has 0 saturated carbocycles. The number of fused-ring (bicyclic) bond motifs is 3. The molecule has 0 saturated heterocycles. The Balaban J connectivity index is 1.65. The number of hydrogen-bond acceptors (Lipinski definition) is 5. The van der Waals surface area contributed by atoms with Crippen molar-refractivity contribution in [2.45, 2.75) is 0 Å². The first-order valence-electron chi connectivity index (χ1n) is 10.5. The molecule has 1 aromatic heterocycles. The molecular weight excluding hydrogens is 406 g/mol. The summed E-state index contributed by atoms with van der Waals surface area (Å²) in [5, 5.41) is 21.0. The lowest BCUT2D eigenvalue weighted by molar-refractivity contribution is 1.15. The van der Waals surface area contributed by atoms with Crippen LogP contribution in [-0.2, 0) is 0 Å². The average Bonchev–Trinajstić information content (AvgIpc) is 3.20. The van der Waals surface area contributed by atoms with E-state index in [0.29, 0.717) is 11.4 Å². The Hall–Kier alpha value is -5.00. The first kappa shape index (κ1) is 18.7. The van der Waals surface area contributed by atoms with Crippen LogP contribution in [0.4, 0.5) is 17.1 Å². The zero-order valence-electron chi connectivity index (χ0n) is 17.4. The van der Waals surface area contributed by atoms with Crippen LogP contribution in [0.3, 0.4) is 0 Å². The second-order valence-corrected chi connectivity index (χ2v) is 7.71. The highest BCUT2D eigenvalue weighted by Gasteiger charge is 2.28. The first-order valence-corrected chi connectivity index (χ1v) is 10.5. The van der Waals surface area contributed by atoms with Crippen molar-refractivity contribution in [1.29, 1.82) is 10.5 Å². The Morgan fingerprint density at radius 2 is 1.12 bits per heavy atom. The van der Waals surface area contributed by atoms with Gasteiger partial charge in [0.2, 0.25) is 0 Å². The first-order chi connectivity index (χ1) is 16.3. The number of rotatable bonds is 3. The SMILES string of the molecule is N#Cc1nc2c(nc1C#N)-c1ccc(N(c3ccccc3)c3ccccc3)c3cccc-2c13. The van der Waals surface area contributed by atoms with Gasteiger partial charge in [-0.1, -0.05) is 54.6 Å². The summed E-state index contributed by atoms with van der Waals surface area (Å²) in [6, 6.07) is 34.7. The smallest absolute Gasteiger partial charge is 0.177 e. The summed E-state index contributed by atoms with van der Waals surface area (Å²) in [4.78, 5) is 11.3. The average molecular weight is 421 g/mol. The highest BCUT2D eigenvalue weighted by atomic mass is 15.1. The predicted molar refractivity (Wildman–Crippen MR) is 128 cm³/mol. The summed E-state index contributed by atoms with van der Waals surface area (Å²) in [5.74, 6) is 0. The number of nitriles is 2. The number of para-hydroxylation sites is 2. The summed E-state index contributed by atoms with van der Waals surface area (Å²) in [6.45, 7) is 0. The molecule has 5 nitrogen and oxygen atoms in total. The van der Waals surface area contributed by atoms with Crippen molar-refractivity contribution >= 4 is 27.8 Å². The van der Waals surface area contributed by atoms with E-state index in [-0.39, 0.29) is 11.4 Å². The summed E-state index contributed by atoms with van der Waals surface area (Å²) in [6.07, 6.45) is 0. The molecule has 1 aliphatic rings. The summed E-state index contributed by atoms with van der Waals surface area (Å²) < 4.78 is 0. The van der Waals surface area contributed by atoms with E-state index in [0.717, 1.165) is 39.0 Å². The van der Waals surface area contributed by atoms with Gasteiger partial charge in [0.1, 0.15) is 12.1 Å². The molecule has 0 radical (unpaired) electrons. The van der Waals surface area contributed by atoms with E-state index in [1.807, 2.05) is 66.7 Å². The molecule has 0 atom stereocenters. The van der Waals surface area contributed by atoms with Crippen LogP contribution in [0.15, 0.2) is 91.0 Å². The van der Waals surface area contributed by atoms with Crippen molar-refractivity contribution < 1.29 is 0 Å². The number of anilines is 3. The monoisotopic (exact) mass is 421 g/mol. The van der Waals surface area contributed by atoms with Gasteiger partial charge in [-0.25, -0.2) is 9.97 Å². The van der Waals surface area contributed by atoms with E-state index < -0.39 is 0 Å². The maximum atomic E-state index is 9.45. The maximum absolute atomic E-state index is 9.45. The highest BCUT2D eigenvalue weighted by molar-refractivity contribution is 6.17. The molecule has 0 amide bonds. The van der Waals surface area contributed by atoms with Crippen LogP contribution in [0.5, 0.6) is 0 Å². The van der Waals surface area contributed by atoms with Gasteiger partial charge in [-0.2, -0.15) is 10.5 Å². The topological polar surface area (TPSA) is 76.6 Å². The van der Waals surface area contributed by atoms with Crippen LogP contribution in [0, 0.1) is 22.7 Å². The van der Waals surface area contributed by atoms with Gasteiger partial charge in [-0.3, -0.25) is 0 Å². The molecule has 0 fully saturated rings. The molecule has 0 bridgehead atoms. The molecule has 33 heavy (non-hydrogen) atoms. The van der Waals surface area contributed by atoms with Crippen molar-refractivity contribution in [2.24, 2.45) is 0 Å². The van der Waals surface area contributed by atoms with Gasteiger partial charge < -0.3 is 4.90 Å². The van der Waals surface area contributed by atoms with E-state index in [9.17, 15) is 10.5 Å². The Morgan fingerprint density at radius 3 is 1.67 bits per heavy atom. The van der Waals surface area contributed by atoms with Gasteiger partial charge in [0, 0.05) is 33.3 Å². The number of hydrogen-bond donors (Lipinski definition) is 0. The van der Waals surface area contributed by atoms with E-state index in [4.69, 9.17) is 0 Å². The third kappa shape index (κ3) is 2.77. The summed E-state index contributed by atoms with van der Waals surface area (Å²) in [7, 11) is 0. The maximum Gasteiger partial charge on any atom is 0.177 e. The third-order valence-electron chi connectivity index (χ3n) is 5.91. The van der Waals surface area contributed by atoms with Crippen LogP contribution >= 0.6 is 0 Å². The zero-order chi connectivity index (χ0) is 22.4. The van der Waals surface area contributed by atoms with E-state index >= 15 is 0 Å². The van der Waals surface area contributed by atoms with Crippen LogP contribution in [0.25, 0.3) is 33.3 Å². The zero-order valence-corrected chi connectivity index (χ0v) is 17.4. The molecule has 5 aromatic rings. The molecule has 0 aliphatic heterocycles. The van der Waals surface area contributed by atoms with Crippen molar-refractivity contribution in [3.05, 3.63) is 102 Å². The van der Waals surface area contributed by atoms with Gasteiger partial charge in [0.05, 0.1) is 17.1 Å². The van der Waals surface area contributed by atoms with Gasteiger partial charge in [-0.05, 0) is 36.4 Å². The van der Waals surface area contributed by atoms with Gasteiger partial charge in [0.25, 0.3) is 0 Å². The lowest BCUT2D eigenvalue weighted by Gasteiger charge is -2.27. The fourth-order valence-electron chi connectivity index (χ4n) is 4.53. The third-order valence-corrected chi connectivity index (χ3v) is 5.91. The molecule has 0 spiro atoms. The Bertz CT molecular complexity index is 1540. The van der Waals surface area contributed by atoms with Gasteiger partial charge >= 0.3 is 0 Å². The molecule has 4 aromatic carbocycles. The van der Waals surface area contributed by atoms with Crippen molar-refractivity contribution in [3.8, 4) is 34.7 Å². The number of benzene rings is 4. The lowest BCUT2D eigenvalue weighted by Crippen LogP contribution is -2.10. The van der Waals surface area contributed by atoms with E-state index in [1.54, 1.807) is 0 Å². The summed E-state index contributed by atoms with van der Waals surface area (Å²) in [5.41, 5.74) is 6.38. The van der Waals surface area contributed by atoms with Crippen molar-refractivity contribution in [1.82, 2.24) is 9.97 Å². The fourth-order valence-corrected chi connectivity index (χ4v) is 4.53. The van der Waals surface area contributed by atoms with Crippen LogP contribution in [0.2, 0.25) is 0 Å². The molecule has 1 heterocycles. The molecule has 152 valence electrons. The van der Waals surface area contributed by atoms with Crippen LogP contribution in [0.1, 0.15) is 11.4 Å². The Labute approximate surface area is 190 Å². The number of nitrogens with zero attached hydrogens (tertiary/aromatic N) is 5. The van der Waals surface area contributed by atoms with E-state index in [1.165, 1.54) is 0 Å². The lowest BCUT2D eigenvalue weighted by atomic mass is 10.0. The van der Waals surface area contributed by atoms with Crippen LogP contribution < -0.4 is 4.90 Å². The standard InChI is InChI=1S/C28H15N5/c29-16-23-24(17-30)32-28-22-14-15-25(20-12-7-13-21(26(20)22)27(28)31-23)33(18-8-3-1-4-9-18)19-10-5-2-6-11-19/h1-15H. The molecule has 0 N–H and O–H groups in total. The second-order valence-electron chi connectivity index (χ2n) is 7.71. The minimum atomic E-state index is 0.0523. The summed E-state index contributed by atoms with van der Waals surface area (Å²) >= 11 is 0. The normalized spacial score (nSPS) is 11.0. The number of aromatic nitrogens is 2. The van der Waals surface area contributed by atoms with Crippen LogP contribution in [-0.4, -0.2) is 9.97 Å². The van der Waals surface area contributed by atoms with E-state index in [2.05, 4.69) is 51.3 Å². The predicted octanol–water partition coefficient (Wildman–Crippen LogP) is 6.49. The van der Waals surface area contributed by atoms with Gasteiger partial charge in [0.15, 0.2) is 11.4 Å². The largest absolute Gasteiger partial charge is 0.310 e. The Kier molecular flexibility index (Phi) is 4.15. The molecule has 0 unspecified atom stereocenters. The molecular formula is C28H15N5. The Morgan fingerprint density at radius 1 is 0.576 bits per heavy atom. The molecule has 6 rings (SSSR count). The molecule has 5 heteroatoms. The van der Waals surface area contributed by atoms with Gasteiger partial charge in [-0.15, -0.1) is 0 Å².